The zero-order valence-electron chi connectivity index (χ0n) is 16.5. The van der Waals surface area contributed by atoms with Crippen molar-refractivity contribution in [2.24, 2.45) is 0 Å². The molecule has 0 spiro atoms. The second-order valence-electron chi connectivity index (χ2n) is 7.49. The first-order chi connectivity index (χ1) is 13.1. The van der Waals surface area contributed by atoms with Crippen LogP contribution in [0.4, 0.5) is 0 Å². The standard InChI is InChI=1S/C17H26N5O5P/c1-11(2)27-16(23)12(3)21-28(24,25)10-26-17(5-6-17)8-22-9-19-14-7-18-13(4)20-15(14)22/h7,9,11-12H,5-6,8,10H2,1-4H3,(H2,21,24,25). The average molecular weight is 411 g/mol. The van der Waals surface area contributed by atoms with Crippen molar-refractivity contribution >= 4 is 24.7 Å². The van der Waals surface area contributed by atoms with E-state index in [9.17, 15) is 14.3 Å². The molecule has 1 aliphatic carbocycles. The fraction of sp³-hybridized carbons (Fsp3) is 0.647. The second-order valence-corrected chi connectivity index (χ2v) is 9.41. The van der Waals surface area contributed by atoms with E-state index in [1.165, 1.54) is 6.92 Å². The lowest BCUT2D eigenvalue weighted by Gasteiger charge is -2.22. The van der Waals surface area contributed by atoms with Crippen LogP contribution in [0.3, 0.4) is 0 Å². The number of aromatic nitrogens is 4. The maximum Gasteiger partial charge on any atom is 0.323 e. The van der Waals surface area contributed by atoms with Crippen molar-refractivity contribution in [2.45, 2.75) is 64.8 Å². The molecule has 2 N–H and O–H groups in total. The topological polar surface area (TPSA) is 128 Å². The zero-order chi connectivity index (χ0) is 20.5. The second kappa shape index (κ2) is 7.87. The van der Waals surface area contributed by atoms with Gasteiger partial charge in [-0.05, 0) is 40.5 Å². The van der Waals surface area contributed by atoms with Crippen LogP contribution in [0.2, 0.25) is 0 Å². The first-order valence-corrected chi connectivity index (χ1v) is 11.0. The maximum atomic E-state index is 12.4. The van der Waals surface area contributed by atoms with E-state index in [1.807, 2.05) is 4.57 Å². The highest BCUT2D eigenvalue weighted by Crippen LogP contribution is 2.46. The van der Waals surface area contributed by atoms with Crippen molar-refractivity contribution in [3.05, 3.63) is 18.3 Å². The van der Waals surface area contributed by atoms with Gasteiger partial charge in [-0.1, -0.05) is 0 Å². The summed E-state index contributed by atoms with van der Waals surface area (Å²) in [5.74, 6) is 0.0664. The molecule has 2 heterocycles. The van der Waals surface area contributed by atoms with Gasteiger partial charge in [-0.25, -0.2) is 20.0 Å². The summed E-state index contributed by atoms with van der Waals surface area (Å²) in [6.45, 7) is 7.20. The van der Waals surface area contributed by atoms with Gasteiger partial charge in [0, 0.05) is 0 Å². The van der Waals surface area contributed by atoms with Crippen LogP contribution >= 0.6 is 7.52 Å². The third kappa shape index (κ3) is 5.14. The number of carbonyl (C=O) groups is 1. The van der Waals surface area contributed by atoms with Crippen molar-refractivity contribution < 1.29 is 23.7 Å². The predicted octanol–water partition coefficient (Wildman–Crippen LogP) is 1.76. The van der Waals surface area contributed by atoms with Gasteiger partial charge in [0.2, 0.25) is 0 Å². The molecule has 0 amide bonds. The van der Waals surface area contributed by atoms with Gasteiger partial charge in [-0.2, -0.15) is 0 Å². The number of nitrogens with one attached hydrogen (secondary N) is 1. The minimum Gasteiger partial charge on any atom is -0.462 e. The Balaban J connectivity index is 1.59. The van der Waals surface area contributed by atoms with Crippen molar-refractivity contribution in [3.63, 3.8) is 0 Å². The number of carbonyl (C=O) groups excluding carboxylic acids is 1. The molecule has 154 valence electrons. The zero-order valence-corrected chi connectivity index (χ0v) is 17.3. The third-order valence-corrected chi connectivity index (χ3v) is 5.66. The first-order valence-electron chi connectivity index (χ1n) is 9.18. The number of hydrogen-bond donors (Lipinski definition) is 2. The van der Waals surface area contributed by atoms with E-state index in [0.29, 0.717) is 23.5 Å². The monoisotopic (exact) mass is 411 g/mol. The molecule has 1 saturated carbocycles. The summed E-state index contributed by atoms with van der Waals surface area (Å²) in [7, 11) is -3.87. The molecule has 28 heavy (non-hydrogen) atoms. The molecule has 10 nitrogen and oxygen atoms in total. The predicted molar refractivity (Wildman–Crippen MR) is 102 cm³/mol. The fourth-order valence-corrected chi connectivity index (χ4v) is 4.04. The van der Waals surface area contributed by atoms with Crippen molar-refractivity contribution in [1.82, 2.24) is 24.6 Å². The molecule has 1 aliphatic rings. The number of ether oxygens (including phenoxy) is 2. The first kappa shape index (κ1) is 20.9. The minimum absolute atomic E-state index is 0.293. The molecule has 2 aromatic heterocycles. The van der Waals surface area contributed by atoms with Crippen LogP contribution in [0, 0.1) is 6.92 Å². The van der Waals surface area contributed by atoms with Gasteiger partial charge in [0.1, 0.15) is 23.7 Å². The van der Waals surface area contributed by atoms with Gasteiger partial charge in [0.15, 0.2) is 5.65 Å². The SMILES string of the molecule is Cc1ncc2ncn(CC3(OCP(=O)(O)NC(C)C(=O)OC(C)C)CC3)c2n1. The number of aryl methyl sites for hydroxylation is 1. The molecule has 0 bridgehead atoms. The Kier molecular flexibility index (Phi) is 5.86. The minimum atomic E-state index is -3.87. The van der Waals surface area contributed by atoms with Crippen LogP contribution in [-0.2, 0) is 25.4 Å². The van der Waals surface area contributed by atoms with Crippen molar-refractivity contribution in [1.29, 1.82) is 0 Å². The number of imidazole rings is 1. The van der Waals surface area contributed by atoms with Gasteiger partial charge in [0.25, 0.3) is 7.52 Å². The largest absolute Gasteiger partial charge is 0.462 e. The molecule has 2 atom stereocenters. The van der Waals surface area contributed by atoms with Crippen LogP contribution in [0.25, 0.3) is 11.2 Å². The van der Waals surface area contributed by atoms with Gasteiger partial charge in [-0.15, -0.1) is 0 Å². The summed E-state index contributed by atoms with van der Waals surface area (Å²) in [5.41, 5.74) is 0.861. The van der Waals surface area contributed by atoms with E-state index >= 15 is 0 Å². The summed E-state index contributed by atoms with van der Waals surface area (Å²) in [6.07, 6.45) is 4.18. The van der Waals surface area contributed by atoms with E-state index in [-0.39, 0.29) is 6.10 Å². The smallest absolute Gasteiger partial charge is 0.323 e. The molecular formula is C17H26N5O5P. The van der Waals surface area contributed by atoms with Crippen LogP contribution in [0.5, 0.6) is 0 Å². The van der Waals surface area contributed by atoms with Gasteiger partial charge < -0.3 is 18.9 Å². The van der Waals surface area contributed by atoms with E-state index in [0.717, 1.165) is 12.8 Å². The molecule has 3 rings (SSSR count). The van der Waals surface area contributed by atoms with Crippen molar-refractivity contribution in [2.75, 3.05) is 6.35 Å². The van der Waals surface area contributed by atoms with Gasteiger partial charge >= 0.3 is 5.97 Å². The Morgan fingerprint density at radius 1 is 1.39 bits per heavy atom. The Hall–Kier alpha value is -1.87. The quantitative estimate of drug-likeness (QED) is 0.468. The van der Waals surface area contributed by atoms with Crippen LogP contribution in [-0.4, -0.2) is 54.5 Å². The molecular weight excluding hydrogens is 385 g/mol. The molecule has 0 aliphatic heterocycles. The molecule has 11 heteroatoms. The van der Waals surface area contributed by atoms with Gasteiger partial charge in [0.05, 0.1) is 30.8 Å². The number of fused-ring (bicyclic) bond motifs is 1. The number of nitrogens with zero attached hydrogens (tertiary/aromatic N) is 4. The maximum absolute atomic E-state index is 12.4. The van der Waals surface area contributed by atoms with E-state index in [4.69, 9.17) is 9.47 Å². The summed E-state index contributed by atoms with van der Waals surface area (Å²) in [6, 6.07) is -0.908. The summed E-state index contributed by atoms with van der Waals surface area (Å²) in [4.78, 5) is 34.8. The van der Waals surface area contributed by atoms with Crippen LogP contribution in [0.1, 0.15) is 39.4 Å². The molecule has 1 fully saturated rings. The van der Waals surface area contributed by atoms with Crippen LogP contribution < -0.4 is 5.09 Å². The highest BCUT2D eigenvalue weighted by Gasteiger charge is 2.46. The average Bonchev–Trinajstić information content (AvgIpc) is 3.26. The Bertz CT molecular complexity index is 910. The van der Waals surface area contributed by atoms with E-state index < -0.39 is 31.5 Å². The van der Waals surface area contributed by atoms with Crippen molar-refractivity contribution in [3.8, 4) is 0 Å². The van der Waals surface area contributed by atoms with Crippen LogP contribution in [0.15, 0.2) is 12.5 Å². The fourth-order valence-electron chi connectivity index (χ4n) is 2.81. The molecule has 2 unspecified atom stereocenters. The highest BCUT2D eigenvalue weighted by molar-refractivity contribution is 7.55. The lowest BCUT2D eigenvalue weighted by Crippen LogP contribution is -2.36. The summed E-state index contributed by atoms with van der Waals surface area (Å²) < 4.78 is 25.1. The Labute approximate surface area is 163 Å². The summed E-state index contributed by atoms with van der Waals surface area (Å²) in [5, 5.41) is 2.43. The molecule has 0 saturated heterocycles. The normalized spacial score (nSPS) is 18.8. The molecule has 2 aromatic rings. The molecule has 0 aromatic carbocycles. The molecule has 0 radical (unpaired) electrons. The summed E-state index contributed by atoms with van der Waals surface area (Å²) >= 11 is 0. The Morgan fingerprint density at radius 2 is 2.11 bits per heavy atom. The van der Waals surface area contributed by atoms with E-state index in [2.05, 4.69) is 20.0 Å². The van der Waals surface area contributed by atoms with Gasteiger partial charge in [-0.3, -0.25) is 9.36 Å². The Morgan fingerprint density at radius 3 is 2.75 bits per heavy atom. The third-order valence-electron chi connectivity index (χ3n) is 4.39. The number of hydrogen-bond acceptors (Lipinski definition) is 7. The lowest BCUT2D eigenvalue weighted by atomic mass is 10.3. The van der Waals surface area contributed by atoms with E-state index in [1.54, 1.807) is 33.3 Å². The number of rotatable bonds is 9. The number of esters is 1. The highest BCUT2D eigenvalue weighted by atomic mass is 31.2. The lowest BCUT2D eigenvalue weighted by molar-refractivity contribution is -0.149.